The first kappa shape index (κ1) is 18.3. The van der Waals surface area contributed by atoms with Gasteiger partial charge in [-0.2, -0.15) is 0 Å². The van der Waals surface area contributed by atoms with Gasteiger partial charge in [0, 0.05) is 15.6 Å². The number of benzene rings is 2. The summed E-state index contributed by atoms with van der Waals surface area (Å²) in [5.74, 6) is -3.00. The molecule has 0 bridgehead atoms. The Bertz CT molecular complexity index is 731. The highest BCUT2D eigenvalue weighted by atomic mass is 127. The van der Waals surface area contributed by atoms with Gasteiger partial charge in [-0.25, -0.2) is 8.78 Å². The molecule has 0 aliphatic carbocycles. The van der Waals surface area contributed by atoms with Gasteiger partial charge in [-0.1, -0.05) is 18.2 Å². The van der Waals surface area contributed by atoms with Crippen molar-refractivity contribution in [2.45, 2.75) is 18.9 Å². The minimum Gasteiger partial charge on any atom is -0.368 e. The molecule has 0 fully saturated rings. The average molecular weight is 444 g/mol. The third-order valence-corrected chi connectivity index (χ3v) is 4.15. The van der Waals surface area contributed by atoms with E-state index < -0.39 is 35.9 Å². The normalized spacial score (nSPS) is 11.8. The minimum atomic E-state index is -0.951. The third-order valence-electron chi connectivity index (χ3n) is 3.43. The van der Waals surface area contributed by atoms with Gasteiger partial charge in [0.1, 0.15) is 17.7 Å². The average Bonchev–Trinajstić information content (AvgIpc) is 2.52. The van der Waals surface area contributed by atoms with E-state index in [4.69, 9.17) is 5.73 Å². The monoisotopic (exact) mass is 444 g/mol. The Hall–Kier alpha value is -2.03. The number of amides is 2. The molecule has 0 spiro atoms. The largest absolute Gasteiger partial charge is 0.368 e. The van der Waals surface area contributed by atoms with Crippen LogP contribution < -0.4 is 11.1 Å². The number of hydrogen-bond acceptors (Lipinski definition) is 2. The lowest BCUT2D eigenvalue weighted by molar-refractivity contribution is -0.127. The van der Waals surface area contributed by atoms with Crippen LogP contribution in [0.2, 0.25) is 0 Å². The fourth-order valence-corrected chi connectivity index (χ4v) is 2.55. The quantitative estimate of drug-likeness (QED) is 0.672. The minimum absolute atomic E-state index is 0.206. The zero-order chi connectivity index (χ0) is 17.7. The third kappa shape index (κ3) is 4.98. The highest BCUT2D eigenvalue weighted by molar-refractivity contribution is 14.1. The zero-order valence-corrected chi connectivity index (χ0v) is 14.7. The fourth-order valence-electron chi connectivity index (χ4n) is 2.19. The second kappa shape index (κ2) is 8.18. The number of primary amides is 1. The van der Waals surface area contributed by atoms with Crippen LogP contribution in [0.5, 0.6) is 0 Å². The summed E-state index contributed by atoms with van der Waals surface area (Å²) in [5, 5.41) is 2.43. The number of halogens is 3. The number of carbonyl (C=O) groups excluding carboxylic acids is 2. The molecule has 0 saturated carbocycles. The van der Waals surface area contributed by atoms with E-state index in [1.807, 2.05) is 24.3 Å². The smallest absolute Gasteiger partial charge is 0.240 e. The zero-order valence-electron chi connectivity index (χ0n) is 12.6. The van der Waals surface area contributed by atoms with E-state index in [0.717, 1.165) is 21.3 Å². The maximum atomic E-state index is 13.6. The second-order valence-electron chi connectivity index (χ2n) is 5.23. The Morgan fingerprint density at radius 3 is 2.21 bits per heavy atom. The van der Waals surface area contributed by atoms with E-state index in [9.17, 15) is 18.4 Å². The fraction of sp³-hybridized carbons (Fsp3) is 0.176. The van der Waals surface area contributed by atoms with E-state index in [1.54, 1.807) is 0 Å². The van der Waals surface area contributed by atoms with Gasteiger partial charge in [0.15, 0.2) is 0 Å². The Balaban J connectivity index is 2.06. The van der Waals surface area contributed by atoms with Crippen LogP contribution >= 0.6 is 22.6 Å². The van der Waals surface area contributed by atoms with E-state index in [-0.39, 0.29) is 12.0 Å². The van der Waals surface area contributed by atoms with Gasteiger partial charge in [-0.05, 0) is 52.4 Å². The lowest BCUT2D eigenvalue weighted by Gasteiger charge is -2.16. The first-order chi connectivity index (χ1) is 11.4. The van der Waals surface area contributed by atoms with Crippen molar-refractivity contribution in [1.82, 2.24) is 5.32 Å². The van der Waals surface area contributed by atoms with Crippen LogP contribution in [-0.4, -0.2) is 17.9 Å². The maximum absolute atomic E-state index is 13.6. The Kier molecular flexibility index (Phi) is 6.24. The highest BCUT2D eigenvalue weighted by Gasteiger charge is 2.20. The number of nitrogens with one attached hydrogen (secondary N) is 1. The molecule has 0 radical (unpaired) electrons. The van der Waals surface area contributed by atoms with E-state index in [1.165, 1.54) is 6.07 Å². The second-order valence-corrected chi connectivity index (χ2v) is 6.48. The van der Waals surface area contributed by atoms with Crippen molar-refractivity contribution in [2.75, 3.05) is 0 Å². The molecule has 3 N–H and O–H groups in total. The van der Waals surface area contributed by atoms with Crippen LogP contribution in [0.1, 0.15) is 11.1 Å². The van der Waals surface area contributed by atoms with Crippen LogP contribution in [0.3, 0.4) is 0 Å². The van der Waals surface area contributed by atoms with Crippen LogP contribution in [0.25, 0.3) is 0 Å². The predicted molar refractivity (Wildman–Crippen MR) is 94.1 cm³/mol. The number of hydrogen-bond donors (Lipinski definition) is 2. The standard InChI is InChI=1S/C17H15F2IN2O2/c18-13-2-1-3-14(19)12(13)9-16(23)22-15(17(21)24)8-10-4-6-11(20)7-5-10/h1-7,15H,8-9H2,(H2,21,24)(H,22,23)/t15-/m1/s1. The summed E-state index contributed by atoms with van der Waals surface area (Å²) >= 11 is 2.15. The van der Waals surface area contributed by atoms with Crippen molar-refractivity contribution in [3.05, 3.63) is 68.8 Å². The first-order valence-corrected chi connectivity index (χ1v) is 8.20. The van der Waals surface area contributed by atoms with Gasteiger partial charge in [-0.3, -0.25) is 9.59 Å². The van der Waals surface area contributed by atoms with Crippen LogP contribution in [0.4, 0.5) is 8.78 Å². The van der Waals surface area contributed by atoms with Crippen LogP contribution in [0, 0.1) is 15.2 Å². The molecule has 0 unspecified atom stereocenters. The Morgan fingerprint density at radius 1 is 1.08 bits per heavy atom. The molecule has 2 amide bonds. The molecule has 2 aromatic rings. The molecule has 0 saturated heterocycles. The van der Waals surface area contributed by atoms with Gasteiger partial charge in [0.25, 0.3) is 0 Å². The molecule has 1 atom stereocenters. The number of carbonyl (C=O) groups is 2. The molecule has 4 nitrogen and oxygen atoms in total. The Labute approximate surface area is 151 Å². The highest BCUT2D eigenvalue weighted by Crippen LogP contribution is 2.13. The molecule has 126 valence electrons. The van der Waals surface area contributed by atoms with Crippen molar-refractivity contribution in [2.24, 2.45) is 5.73 Å². The molecule has 24 heavy (non-hydrogen) atoms. The van der Waals surface area contributed by atoms with E-state index >= 15 is 0 Å². The van der Waals surface area contributed by atoms with E-state index in [0.29, 0.717) is 0 Å². The number of rotatable bonds is 6. The van der Waals surface area contributed by atoms with Gasteiger partial charge < -0.3 is 11.1 Å². The van der Waals surface area contributed by atoms with Gasteiger partial charge in [0.05, 0.1) is 6.42 Å². The summed E-state index contributed by atoms with van der Waals surface area (Å²) in [4.78, 5) is 23.6. The topological polar surface area (TPSA) is 72.2 Å². The summed E-state index contributed by atoms with van der Waals surface area (Å²) in [6.45, 7) is 0. The van der Waals surface area contributed by atoms with Crippen LogP contribution in [0.15, 0.2) is 42.5 Å². The molecule has 2 aromatic carbocycles. The lowest BCUT2D eigenvalue weighted by atomic mass is 10.0. The van der Waals surface area contributed by atoms with Crippen molar-refractivity contribution < 1.29 is 18.4 Å². The molecular formula is C17H15F2IN2O2. The lowest BCUT2D eigenvalue weighted by Crippen LogP contribution is -2.46. The summed E-state index contributed by atoms with van der Waals surface area (Å²) in [6, 6.07) is 9.78. The molecule has 0 aromatic heterocycles. The molecule has 2 rings (SSSR count). The first-order valence-electron chi connectivity index (χ1n) is 7.13. The predicted octanol–water partition coefficient (Wildman–Crippen LogP) is 2.32. The Morgan fingerprint density at radius 2 is 1.67 bits per heavy atom. The van der Waals surface area contributed by atoms with Gasteiger partial charge in [0.2, 0.25) is 11.8 Å². The van der Waals surface area contributed by atoms with Crippen molar-refractivity contribution in [1.29, 1.82) is 0 Å². The molecule has 0 aliphatic heterocycles. The van der Waals surface area contributed by atoms with Crippen LogP contribution in [-0.2, 0) is 22.4 Å². The summed E-state index contributed by atoms with van der Waals surface area (Å²) in [5.41, 5.74) is 5.79. The van der Waals surface area contributed by atoms with Crippen molar-refractivity contribution >= 4 is 34.4 Å². The van der Waals surface area contributed by atoms with Gasteiger partial charge >= 0.3 is 0 Å². The van der Waals surface area contributed by atoms with Gasteiger partial charge in [-0.15, -0.1) is 0 Å². The SMILES string of the molecule is NC(=O)[C@@H](Cc1ccc(I)cc1)NC(=O)Cc1c(F)cccc1F. The van der Waals surface area contributed by atoms with Crippen molar-refractivity contribution in [3.63, 3.8) is 0 Å². The maximum Gasteiger partial charge on any atom is 0.240 e. The summed E-state index contributed by atoms with van der Waals surface area (Å²) in [6.07, 6.45) is -0.299. The molecule has 0 heterocycles. The summed E-state index contributed by atoms with van der Waals surface area (Å²) < 4.78 is 28.2. The molecule has 0 aliphatic rings. The molecule has 7 heteroatoms. The van der Waals surface area contributed by atoms with Crippen molar-refractivity contribution in [3.8, 4) is 0 Å². The molecular weight excluding hydrogens is 429 g/mol. The number of nitrogens with two attached hydrogens (primary N) is 1. The summed E-state index contributed by atoms with van der Waals surface area (Å²) in [7, 11) is 0. The van der Waals surface area contributed by atoms with E-state index in [2.05, 4.69) is 27.9 Å².